The number of nitrogens with zero attached hydrogens (tertiary/aromatic N) is 3. The molecule has 0 radical (unpaired) electrons. The molecule has 0 unspecified atom stereocenters. The maximum absolute atomic E-state index is 6.97. The summed E-state index contributed by atoms with van der Waals surface area (Å²) in [6.45, 7) is 10.8. The van der Waals surface area contributed by atoms with Gasteiger partial charge in [0, 0.05) is 5.56 Å². The zero-order valence-corrected chi connectivity index (χ0v) is 12.6. The maximum Gasteiger partial charge on any atom is 0.163 e. The predicted octanol–water partition coefficient (Wildman–Crippen LogP) is 4.95. The third kappa shape index (κ3) is 2.56. The van der Waals surface area contributed by atoms with Gasteiger partial charge in [0.2, 0.25) is 0 Å². The van der Waals surface area contributed by atoms with Crippen LogP contribution in [0.15, 0.2) is 42.1 Å². The molecular weight excluding hydrogens is 278 g/mol. The first-order valence-electron chi connectivity index (χ1n) is 6.57. The van der Waals surface area contributed by atoms with E-state index in [4.69, 9.17) is 6.57 Å². The van der Waals surface area contributed by atoms with Crippen LogP contribution in [0.2, 0.25) is 0 Å². The molecule has 0 saturated heterocycles. The minimum atomic E-state index is 0.684. The summed E-state index contributed by atoms with van der Waals surface area (Å²) < 4.78 is 8.78. The van der Waals surface area contributed by atoms with Gasteiger partial charge >= 0.3 is 0 Å². The van der Waals surface area contributed by atoms with Crippen LogP contribution < -0.4 is 0 Å². The van der Waals surface area contributed by atoms with Crippen molar-refractivity contribution in [1.82, 2.24) is 8.75 Å². The molecule has 2 aromatic carbocycles. The van der Waals surface area contributed by atoms with Crippen molar-refractivity contribution < 1.29 is 0 Å². The Balaban J connectivity index is 2.06. The van der Waals surface area contributed by atoms with Gasteiger partial charge in [-0.15, -0.1) is 0 Å². The van der Waals surface area contributed by atoms with Crippen LogP contribution in [0.3, 0.4) is 0 Å². The second kappa shape index (κ2) is 5.47. The molecule has 0 fully saturated rings. The van der Waals surface area contributed by atoms with Crippen LogP contribution in [0.5, 0.6) is 0 Å². The van der Waals surface area contributed by atoms with E-state index in [-0.39, 0.29) is 0 Å². The lowest BCUT2D eigenvalue weighted by Gasteiger charge is -2.04. The lowest BCUT2D eigenvalue weighted by molar-refractivity contribution is 1.48. The smallest absolute Gasteiger partial charge is 0.163 e. The third-order valence-corrected chi connectivity index (χ3v) is 3.92. The molecule has 0 amide bonds. The normalized spacial score (nSPS) is 11.6. The molecule has 0 aliphatic carbocycles. The Labute approximate surface area is 127 Å². The SMILES string of the molecule is [C-]#[N+]/C(C)=C\c1ccc(-c2ccc(C)c3nsnc23)cc1. The molecular formula is C17H13N3S. The molecule has 1 heterocycles. The number of hydrogen-bond acceptors (Lipinski definition) is 3. The van der Waals surface area contributed by atoms with Gasteiger partial charge in [0.15, 0.2) is 5.70 Å². The van der Waals surface area contributed by atoms with Crippen LogP contribution >= 0.6 is 11.7 Å². The van der Waals surface area contributed by atoms with E-state index in [2.05, 4.69) is 44.8 Å². The summed E-state index contributed by atoms with van der Waals surface area (Å²) >= 11 is 1.25. The summed E-state index contributed by atoms with van der Waals surface area (Å²) in [7, 11) is 0. The second-order valence-electron chi connectivity index (χ2n) is 4.91. The predicted molar refractivity (Wildman–Crippen MR) is 87.8 cm³/mol. The van der Waals surface area contributed by atoms with Gasteiger partial charge < -0.3 is 0 Å². The molecule has 3 aromatic rings. The number of allylic oxidation sites excluding steroid dienone is 1. The van der Waals surface area contributed by atoms with Crippen LogP contribution in [0.25, 0.3) is 33.1 Å². The first-order valence-corrected chi connectivity index (χ1v) is 7.30. The van der Waals surface area contributed by atoms with Gasteiger partial charge in [-0.3, -0.25) is 0 Å². The molecule has 1 aromatic heterocycles. The van der Waals surface area contributed by atoms with Crippen LogP contribution in [-0.2, 0) is 0 Å². The van der Waals surface area contributed by atoms with Crippen molar-refractivity contribution in [3.63, 3.8) is 0 Å². The van der Waals surface area contributed by atoms with Crippen LogP contribution in [0, 0.1) is 13.5 Å². The highest BCUT2D eigenvalue weighted by molar-refractivity contribution is 7.00. The van der Waals surface area contributed by atoms with Crippen molar-refractivity contribution in [2.24, 2.45) is 0 Å². The van der Waals surface area contributed by atoms with Crippen LogP contribution in [0.4, 0.5) is 0 Å². The lowest BCUT2D eigenvalue weighted by atomic mass is 10.0. The quantitative estimate of drug-likeness (QED) is 0.625. The minimum Gasteiger partial charge on any atom is -0.243 e. The van der Waals surface area contributed by atoms with E-state index in [1.807, 2.05) is 25.1 Å². The molecule has 3 rings (SSSR count). The van der Waals surface area contributed by atoms with Crippen molar-refractivity contribution in [1.29, 1.82) is 0 Å². The van der Waals surface area contributed by atoms with Crippen molar-refractivity contribution in [3.8, 4) is 11.1 Å². The summed E-state index contributed by atoms with van der Waals surface area (Å²) in [5.74, 6) is 0. The number of benzene rings is 2. The van der Waals surface area contributed by atoms with Crippen molar-refractivity contribution >= 4 is 28.8 Å². The summed E-state index contributed by atoms with van der Waals surface area (Å²) in [4.78, 5) is 3.40. The second-order valence-corrected chi connectivity index (χ2v) is 5.44. The zero-order chi connectivity index (χ0) is 14.8. The van der Waals surface area contributed by atoms with E-state index >= 15 is 0 Å². The third-order valence-electron chi connectivity index (χ3n) is 3.39. The van der Waals surface area contributed by atoms with Gasteiger partial charge in [0.05, 0.1) is 18.3 Å². The van der Waals surface area contributed by atoms with E-state index in [1.54, 1.807) is 0 Å². The van der Waals surface area contributed by atoms with Gasteiger partial charge in [0.25, 0.3) is 0 Å². The van der Waals surface area contributed by atoms with E-state index in [1.165, 1.54) is 11.7 Å². The minimum absolute atomic E-state index is 0.684. The average molecular weight is 291 g/mol. The standard InChI is InChI=1S/C17H13N3S/c1-11-4-9-15(17-16(11)19-21-20-17)14-7-5-13(6-8-14)10-12(2)18-3/h4-10H,1-2H3/b12-10-. The number of aryl methyl sites for hydroxylation is 1. The largest absolute Gasteiger partial charge is 0.243 e. The maximum atomic E-state index is 6.97. The van der Waals surface area contributed by atoms with Crippen molar-refractivity contribution in [2.45, 2.75) is 13.8 Å². The topological polar surface area (TPSA) is 30.1 Å². The lowest BCUT2D eigenvalue weighted by Crippen LogP contribution is -1.84. The first-order chi connectivity index (χ1) is 10.2. The van der Waals surface area contributed by atoms with E-state index < -0.39 is 0 Å². The molecule has 0 N–H and O–H groups in total. The molecule has 3 nitrogen and oxygen atoms in total. The van der Waals surface area contributed by atoms with Crippen LogP contribution in [-0.4, -0.2) is 8.75 Å². The summed E-state index contributed by atoms with van der Waals surface area (Å²) in [5, 5.41) is 0. The number of fused-ring (bicyclic) bond motifs is 1. The number of hydrogen-bond donors (Lipinski definition) is 0. The molecule has 0 atom stereocenters. The zero-order valence-electron chi connectivity index (χ0n) is 11.8. The van der Waals surface area contributed by atoms with E-state index in [9.17, 15) is 0 Å². The van der Waals surface area contributed by atoms with Gasteiger partial charge in [-0.25, -0.2) is 4.85 Å². The molecule has 0 aliphatic rings. The summed E-state index contributed by atoms with van der Waals surface area (Å²) in [6, 6.07) is 12.3. The fourth-order valence-corrected chi connectivity index (χ4v) is 2.87. The Kier molecular flexibility index (Phi) is 3.51. The van der Waals surface area contributed by atoms with Crippen molar-refractivity contribution in [2.75, 3.05) is 0 Å². The fraction of sp³-hybridized carbons (Fsp3) is 0.118. The van der Waals surface area contributed by atoms with E-state index in [0.717, 1.165) is 33.3 Å². The average Bonchev–Trinajstić information content (AvgIpc) is 2.99. The monoisotopic (exact) mass is 291 g/mol. The molecule has 0 spiro atoms. The molecule has 21 heavy (non-hydrogen) atoms. The van der Waals surface area contributed by atoms with Gasteiger partial charge in [-0.1, -0.05) is 42.5 Å². The number of aromatic nitrogens is 2. The Morgan fingerprint density at radius 3 is 2.52 bits per heavy atom. The van der Waals surface area contributed by atoms with Crippen LogP contribution in [0.1, 0.15) is 18.1 Å². The molecule has 0 aliphatic heterocycles. The molecule has 102 valence electrons. The highest BCUT2D eigenvalue weighted by Gasteiger charge is 2.09. The van der Waals surface area contributed by atoms with E-state index in [0.29, 0.717) is 5.70 Å². The van der Waals surface area contributed by atoms with Gasteiger partial charge in [-0.05, 0) is 30.5 Å². The van der Waals surface area contributed by atoms with Gasteiger partial charge in [-0.2, -0.15) is 8.75 Å². The summed E-state index contributed by atoms with van der Waals surface area (Å²) in [5.41, 5.74) is 7.02. The highest BCUT2D eigenvalue weighted by Crippen LogP contribution is 2.29. The van der Waals surface area contributed by atoms with Gasteiger partial charge in [0.1, 0.15) is 11.0 Å². The van der Waals surface area contributed by atoms with Crippen molar-refractivity contribution in [3.05, 3.63) is 64.6 Å². The molecule has 0 bridgehead atoms. The Morgan fingerprint density at radius 1 is 1.10 bits per heavy atom. The molecule has 0 saturated carbocycles. The first kappa shape index (κ1) is 13.5. The molecule has 4 heteroatoms. The Bertz CT molecular complexity index is 867. The summed E-state index contributed by atoms with van der Waals surface area (Å²) in [6.07, 6.45) is 1.88. The fourth-order valence-electron chi connectivity index (χ4n) is 2.26. The number of rotatable bonds is 2. The Morgan fingerprint density at radius 2 is 1.81 bits per heavy atom. The Hall–Kier alpha value is -2.51. The highest BCUT2D eigenvalue weighted by atomic mass is 32.1.